The summed E-state index contributed by atoms with van der Waals surface area (Å²) in [5.41, 5.74) is 13.4. The highest BCUT2D eigenvalue weighted by atomic mass is 16.5. The molecule has 0 aliphatic rings. The maximum Gasteiger partial charge on any atom is 0.165 e. The van der Waals surface area contributed by atoms with Crippen molar-refractivity contribution in [1.29, 1.82) is 0 Å². The number of aromatic nitrogens is 2. The SMILES string of the molecule is CCC[C@H](O)C[C@@H](O)CC(=O)CCc1ccc(O)c(OCn2cc3[nH]cc(Cc4cc([C@H](N)NCCc5ccccc5)ccc4CO)c3c2)c1. The average Bonchev–Trinajstić information content (AvgIpc) is 3.68. The Morgan fingerprint density at radius 3 is 2.56 bits per heavy atom. The maximum absolute atomic E-state index is 12.4. The van der Waals surface area contributed by atoms with E-state index in [-0.39, 0.29) is 50.3 Å². The van der Waals surface area contributed by atoms with Crippen molar-refractivity contribution in [3.8, 4) is 11.5 Å². The zero-order chi connectivity index (χ0) is 35.5. The van der Waals surface area contributed by atoms with Gasteiger partial charge < -0.3 is 40.4 Å². The first kappa shape index (κ1) is 36.8. The molecule has 2 heterocycles. The van der Waals surface area contributed by atoms with Crippen LogP contribution in [0, 0.1) is 0 Å². The number of fused-ring (bicyclic) bond motifs is 1. The predicted octanol–water partition coefficient (Wildman–Crippen LogP) is 5.39. The Morgan fingerprint density at radius 2 is 1.78 bits per heavy atom. The highest BCUT2D eigenvalue weighted by molar-refractivity contribution is 5.83. The zero-order valence-corrected chi connectivity index (χ0v) is 28.7. The molecule has 0 spiro atoms. The van der Waals surface area contributed by atoms with Crippen molar-refractivity contribution < 1.29 is 30.0 Å². The van der Waals surface area contributed by atoms with Gasteiger partial charge >= 0.3 is 0 Å². The van der Waals surface area contributed by atoms with Gasteiger partial charge in [0, 0.05) is 43.4 Å². The number of nitrogens with zero attached hydrogens (tertiary/aromatic N) is 1. The minimum Gasteiger partial charge on any atom is -0.504 e. The first-order valence-electron chi connectivity index (χ1n) is 17.5. The second-order valence-electron chi connectivity index (χ2n) is 13.1. The molecule has 0 aliphatic heterocycles. The van der Waals surface area contributed by atoms with Gasteiger partial charge in [0.25, 0.3) is 0 Å². The van der Waals surface area contributed by atoms with E-state index in [9.17, 15) is 25.2 Å². The lowest BCUT2D eigenvalue weighted by Crippen LogP contribution is -2.30. The van der Waals surface area contributed by atoms with Crippen molar-refractivity contribution in [2.45, 2.75) is 90.0 Å². The van der Waals surface area contributed by atoms with Crippen molar-refractivity contribution >= 4 is 16.7 Å². The molecule has 2 aromatic heterocycles. The number of phenolic OH excluding ortho intramolecular Hbond substituents is 1. The summed E-state index contributed by atoms with van der Waals surface area (Å²) >= 11 is 0. The van der Waals surface area contributed by atoms with Gasteiger partial charge in [0.2, 0.25) is 0 Å². The summed E-state index contributed by atoms with van der Waals surface area (Å²) in [6, 6.07) is 21.3. The first-order chi connectivity index (χ1) is 24.2. The number of aryl methyl sites for hydroxylation is 1. The van der Waals surface area contributed by atoms with E-state index < -0.39 is 12.2 Å². The van der Waals surface area contributed by atoms with Crippen LogP contribution in [0.15, 0.2) is 85.3 Å². The van der Waals surface area contributed by atoms with Gasteiger partial charge in [0.15, 0.2) is 18.2 Å². The number of carbonyl (C=O) groups excluding carboxylic acids is 1. The molecule has 0 aliphatic carbocycles. The molecule has 0 saturated carbocycles. The number of aromatic hydroxyl groups is 1. The minimum atomic E-state index is -0.853. The van der Waals surface area contributed by atoms with E-state index in [0.717, 1.165) is 58.1 Å². The van der Waals surface area contributed by atoms with E-state index in [0.29, 0.717) is 25.0 Å². The zero-order valence-electron chi connectivity index (χ0n) is 28.7. The highest BCUT2D eigenvalue weighted by Gasteiger charge is 2.17. The highest BCUT2D eigenvalue weighted by Crippen LogP contribution is 2.29. The van der Waals surface area contributed by atoms with Gasteiger partial charge in [-0.15, -0.1) is 0 Å². The smallest absolute Gasteiger partial charge is 0.165 e. The Labute approximate surface area is 293 Å². The second kappa shape index (κ2) is 18.0. The Morgan fingerprint density at radius 1 is 0.960 bits per heavy atom. The summed E-state index contributed by atoms with van der Waals surface area (Å²) in [7, 11) is 0. The van der Waals surface area contributed by atoms with Gasteiger partial charge in [-0.2, -0.15) is 0 Å². The summed E-state index contributed by atoms with van der Waals surface area (Å²) in [5, 5.41) is 45.0. The first-order valence-corrected chi connectivity index (χ1v) is 17.5. The molecule has 3 atom stereocenters. The quantitative estimate of drug-likeness (QED) is 0.0537. The Kier molecular flexibility index (Phi) is 13.2. The van der Waals surface area contributed by atoms with Gasteiger partial charge in [-0.3, -0.25) is 10.1 Å². The molecule has 50 heavy (non-hydrogen) atoms. The lowest BCUT2D eigenvalue weighted by molar-refractivity contribution is -0.121. The monoisotopic (exact) mass is 682 g/mol. The van der Waals surface area contributed by atoms with Crippen LogP contribution < -0.4 is 15.8 Å². The fourth-order valence-corrected chi connectivity index (χ4v) is 6.31. The number of hydrogen-bond acceptors (Lipinski definition) is 8. The molecule has 0 unspecified atom stereocenters. The Bertz CT molecular complexity index is 1820. The van der Waals surface area contributed by atoms with Gasteiger partial charge in [-0.25, -0.2) is 0 Å². The summed E-state index contributed by atoms with van der Waals surface area (Å²) in [6.45, 7) is 2.79. The number of aliphatic hydroxyl groups is 3. The molecule has 10 heteroatoms. The predicted molar refractivity (Wildman–Crippen MR) is 195 cm³/mol. The number of hydrogen-bond donors (Lipinski definition) is 7. The van der Waals surface area contributed by atoms with Crippen LogP contribution in [0.1, 0.15) is 78.6 Å². The van der Waals surface area contributed by atoms with Crippen LogP contribution in [0.5, 0.6) is 11.5 Å². The number of ketones is 1. The van der Waals surface area contributed by atoms with Gasteiger partial charge in [0.05, 0.1) is 30.5 Å². The fourth-order valence-electron chi connectivity index (χ4n) is 6.31. The van der Waals surface area contributed by atoms with Crippen molar-refractivity contribution in [3.63, 3.8) is 0 Å². The summed E-state index contributed by atoms with van der Waals surface area (Å²) < 4.78 is 7.88. The molecule has 8 N–H and O–H groups in total. The third-order valence-corrected chi connectivity index (χ3v) is 9.10. The number of nitrogens with one attached hydrogen (secondary N) is 2. The largest absolute Gasteiger partial charge is 0.504 e. The van der Waals surface area contributed by atoms with Crippen molar-refractivity contribution in [2.75, 3.05) is 6.54 Å². The fraction of sp³-hybridized carbons (Fsp3) is 0.375. The second-order valence-corrected chi connectivity index (χ2v) is 13.1. The topological polar surface area (TPSA) is 166 Å². The van der Waals surface area contributed by atoms with E-state index in [1.54, 1.807) is 18.2 Å². The van der Waals surface area contributed by atoms with E-state index in [4.69, 9.17) is 10.5 Å². The molecule has 0 radical (unpaired) electrons. The van der Waals surface area contributed by atoms with Crippen molar-refractivity contribution in [1.82, 2.24) is 14.9 Å². The van der Waals surface area contributed by atoms with Crippen LogP contribution in [-0.2, 0) is 37.4 Å². The van der Waals surface area contributed by atoms with Crippen LogP contribution in [0.25, 0.3) is 10.9 Å². The summed E-state index contributed by atoms with van der Waals surface area (Å²) in [6.07, 6.45) is 7.92. The lowest BCUT2D eigenvalue weighted by atomic mass is 9.97. The average molecular weight is 683 g/mol. The third kappa shape index (κ3) is 10.3. The standard InChI is InChI=1S/C40H50N4O6/c1-2-6-33(46)20-35(48)21-34(47)13-9-28-10-14-38(49)39(17-28)50-26-44-23-36-32(22-43-37(36)24-44)19-31-18-29(11-12-30(31)25-45)40(41)42-16-15-27-7-4-3-5-8-27/h3-5,7-8,10-12,14,17-18,22-24,33,35,40,42-43,45-46,48-49H,2,6,9,13,15-16,19-21,25-26,41H2,1H3/t33-,35+,40+/m0/s1. The summed E-state index contributed by atoms with van der Waals surface area (Å²) in [5.74, 6) is 0.238. The van der Waals surface area contributed by atoms with Crippen LogP contribution in [-0.4, -0.2) is 54.5 Å². The summed E-state index contributed by atoms with van der Waals surface area (Å²) in [4.78, 5) is 15.8. The number of Topliss-reactive ketones (excluding diaryl/α,β-unsaturated/α-hetero) is 1. The Balaban J connectivity index is 1.17. The third-order valence-electron chi connectivity index (χ3n) is 9.10. The number of benzene rings is 3. The number of phenols is 1. The van der Waals surface area contributed by atoms with Gasteiger partial charge in [-0.1, -0.05) is 67.9 Å². The van der Waals surface area contributed by atoms with Gasteiger partial charge in [0.1, 0.15) is 5.78 Å². The number of aliphatic hydroxyl groups excluding tert-OH is 3. The molecule has 3 aromatic carbocycles. The molecule has 0 saturated heterocycles. The van der Waals surface area contributed by atoms with Crippen LogP contribution in [0.2, 0.25) is 0 Å². The number of nitrogens with two attached hydrogens (primary N) is 1. The molecule has 0 amide bonds. The van der Waals surface area contributed by atoms with Crippen LogP contribution >= 0.6 is 0 Å². The molecular formula is C40H50N4O6. The molecule has 0 fully saturated rings. The number of carbonyl (C=O) groups is 1. The van der Waals surface area contributed by atoms with Crippen molar-refractivity contribution in [3.05, 3.63) is 119 Å². The van der Waals surface area contributed by atoms with Crippen molar-refractivity contribution in [2.24, 2.45) is 5.73 Å². The lowest BCUT2D eigenvalue weighted by Gasteiger charge is -2.17. The maximum atomic E-state index is 12.4. The Hall–Kier alpha value is -4.45. The van der Waals surface area contributed by atoms with E-state index >= 15 is 0 Å². The number of ether oxygens (including phenoxy) is 1. The minimum absolute atomic E-state index is 0.00277. The van der Waals surface area contributed by atoms with E-state index in [1.165, 1.54) is 5.56 Å². The normalized spacial score (nSPS) is 13.4. The molecule has 5 rings (SSSR count). The molecule has 0 bridgehead atoms. The molecule has 266 valence electrons. The van der Waals surface area contributed by atoms with Gasteiger partial charge in [-0.05, 0) is 77.6 Å². The molecular weight excluding hydrogens is 632 g/mol. The van der Waals surface area contributed by atoms with Crippen LogP contribution in [0.4, 0.5) is 0 Å². The number of H-pyrrole nitrogens is 1. The number of aromatic amines is 1. The van der Waals surface area contributed by atoms with E-state index in [1.807, 2.05) is 60.4 Å². The molecule has 10 nitrogen and oxygen atoms in total. The van der Waals surface area contributed by atoms with E-state index in [2.05, 4.69) is 28.5 Å². The number of rotatable bonds is 20. The molecule has 5 aromatic rings. The van der Waals surface area contributed by atoms with Crippen LogP contribution in [0.3, 0.4) is 0 Å².